The van der Waals surface area contributed by atoms with Crippen LogP contribution in [0, 0.1) is 40.9 Å². The zero-order chi connectivity index (χ0) is 12.8. The van der Waals surface area contributed by atoms with Gasteiger partial charge < -0.3 is 0 Å². The highest BCUT2D eigenvalue weighted by atomic mass is 14.8. The molecule has 0 heterocycles. The quantitative estimate of drug-likeness (QED) is 0.581. The lowest BCUT2D eigenvalue weighted by Gasteiger charge is -2.23. The van der Waals surface area contributed by atoms with Gasteiger partial charge in [-0.1, -0.05) is 54.4 Å². The number of rotatable bonds is 6. The predicted octanol–water partition coefficient (Wildman–Crippen LogP) is 5.38. The van der Waals surface area contributed by atoms with E-state index >= 15 is 0 Å². The fraction of sp³-hybridized carbons (Fsp3) is 1.00. The van der Waals surface area contributed by atoms with E-state index < -0.39 is 0 Å². The molecule has 2 fully saturated rings. The Morgan fingerprint density at radius 2 is 1.71 bits per heavy atom. The van der Waals surface area contributed by atoms with Crippen molar-refractivity contribution in [3.05, 3.63) is 0 Å². The standard InChI is InChI=1S/C17H32/c1-7-8-11(2)12(3)9-13(4)16-15(6)17(16)10-14(17)5/h11-16H,7-10H2,1-6H3. The van der Waals surface area contributed by atoms with E-state index in [4.69, 9.17) is 0 Å². The van der Waals surface area contributed by atoms with E-state index in [1.54, 1.807) is 0 Å². The Morgan fingerprint density at radius 3 is 2.12 bits per heavy atom. The summed E-state index contributed by atoms with van der Waals surface area (Å²) in [5.41, 5.74) is 0.827. The molecule has 2 aliphatic rings. The minimum atomic E-state index is 0.827. The van der Waals surface area contributed by atoms with E-state index in [-0.39, 0.29) is 0 Å². The van der Waals surface area contributed by atoms with Crippen LogP contribution < -0.4 is 0 Å². The van der Waals surface area contributed by atoms with Crippen molar-refractivity contribution in [1.29, 1.82) is 0 Å². The first-order valence-electron chi connectivity index (χ1n) is 7.95. The maximum Gasteiger partial charge on any atom is -0.0207 e. The van der Waals surface area contributed by atoms with Gasteiger partial charge in [-0.05, 0) is 53.8 Å². The van der Waals surface area contributed by atoms with E-state index in [1.165, 1.54) is 25.7 Å². The maximum absolute atomic E-state index is 2.52. The van der Waals surface area contributed by atoms with E-state index in [9.17, 15) is 0 Å². The summed E-state index contributed by atoms with van der Waals surface area (Å²) < 4.78 is 0. The number of hydrogen-bond donors (Lipinski definition) is 0. The highest BCUT2D eigenvalue weighted by molar-refractivity contribution is 5.22. The zero-order valence-corrected chi connectivity index (χ0v) is 12.8. The molecule has 0 aromatic heterocycles. The van der Waals surface area contributed by atoms with Crippen LogP contribution >= 0.6 is 0 Å². The summed E-state index contributed by atoms with van der Waals surface area (Å²) in [6.45, 7) is 14.7. The van der Waals surface area contributed by atoms with Gasteiger partial charge in [0.25, 0.3) is 0 Å². The van der Waals surface area contributed by atoms with Gasteiger partial charge in [0.2, 0.25) is 0 Å². The molecule has 0 amide bonds. The van der Waals surface area contributed by atoms with Gasteiger partial charge in [-0.25, -0.2) is 0 Å². The van der Waals surface area contributed by atoms with E-state index in [0.29, 0.717) is 0 Å². The first-order chi connectivity index (χ1) is 7.95. The van der Waals surface area contributed by atoms with Gasteiger partial charge in [-0.3, -0.25) is 0 Å². The minimum absolute atomic E-state index is 0.827. The third kappa shape index (κ3) is 2.17. The van der Waals surface area contributed by atoms with E-state index in [2.05, 4.69) is 41.5 Å². The lowest BCUT2D eigenvalue weighted by molar-refractivity contribution is 0.272. The predicted molar refractivity (Wildman–Crippen MR) is 75.9 cm³/mol. The Kier molecular flexibility index (Phi) is 3.63. The van der Waals surface area contributed by atoms with Crippen LogP contribution in [0.1, 0.15) is 67.2 Å². The molecule has 2 aliphatic carbocycles. The molecule has 17 heavy (non-hydrogen) atoms. The van der Waals surface area contributed by atoms with Crippen LogP contribution in [0.5, 0.6) is 0 Å². The van der Waals surface area contributed by atoms with Crippen molar-refractivity contribution in [1.82, 2.24) is 0 Å². The average molecular weight is 236 g/mol. The summed E-state index contributed by atoms with van der Waals surface area (Å²) in [4.78, 5) is 0. The highest BCUT2D eigenvalue weighted by Gasteiger charge is 2.74. The van der Waals surface area contributed by atoms with Gasteiger partial charge in [0.05, 0.1) is 0 Å². The van der Waals surface area contributed by atoms with Crippen LogP contribution in [0.2, 0.25) is 0 Å². The van der Waals surface area contributed by atoms with Crippen LogP contribution in [0.3, 0.4) is 0 Å². The SMILES string of the molecule is CCCC(C)C(C)CC(C)C1C(C)C12CC2C. The normalized spacial score (nSPS) is 44.5. The van der Waals surface area contributed by atoms with Crippen molar-refractivity contribution in [3.63, 3.8) is 0 Å². The van der Waals surface area contributed by atoms with Crippen molar-refractivity contribution < 1.29 is 0 Å². The Bertz CT molecular complexity index is 269. The lowest BCUT2D eigenvalue weighted by Crippen LogP contribution is -2.14. The smallest absolute Gasteiger partial charge is 0.0207 e. The molecule has 7 unspecified atom stereocenters. The molecule has 2 rings (SSSR count). The summed E-state index contributed by atoms with van der Waals surface area (Å²) in [7, 11) is 0. The Balaban J connectivity index is 1.80. The molecule has 0 nitrogen and oxygen atoms in total. The monoisotopic (exact) mass is 236 g/mol. The second-order valence-corrected chi connectivity index (χ2v) is 7.49. The van der Waals surface area contributed by atoms with Crippen LogP contribution in [0.15, 0.2) is 0 Å². The second-order valence-electron chi connectivity index (χ2n) is 7.49. The first kappa shape index (κ1) is 13.4. The Hall–Kier alpha value is 0. The van der Waals surface area contributed by atoms with Crippen molar-refractivity contribution in [2.24, 2.45) is 40.9 Å². The van der Waals surface area contributed by atoms with Gasteiger partial charge in [0.1, 0.15) is 0 Å². The van der Waals surface area contributed by atoms with Gasteiger partial charge in [0.15, 0.2) is 0 Å². The number of hydrogen-bond acceptors (Lipinski definition) is 0. The molecule has 0 aromatic rings. The molecule has 0 N–H and O–H groups in total. The molecule has 2 saturated carbocycles. The van der Waals surface area contributed by atoms with Crippen molar-refractivity contribution in [2.45, 2.75) is 67.2 Å². The van der Waals surface area contributed by atoms with Crippen LogP contribution in [-0.2, 0) is 0 Å². The van der Waals surface area contributed by atoms with Crippen LogP contribution in [0.4, 0.5) is 0 Å². The molecule has 100 valence electrons. The molecular formula is C17H32. The van der Waals surface area contributed by atoms with Gasteiger partial charge >= 0.3 is 0 Å². The lowest BCUT2D eigenvalue weighted by atomic mass is 9.83. The highest BCUT2D eigenvalue weighted by Crippen LogP contribution is 2.80. The average Bonchev–Trinajstić information content (AvgIpc) is 3.06. The van der Waals surface area contributed by atoms with Gasteiger partial charge in [-0.2, -0.15) is 0 Å². The summed E-state index contributed by atoms with van der Waals surface area (Å²) in [6, 6.07) is 0. The summed E-state index contributed by atoms with van der Waals surface area (Å²) in [6.07, 6.45) is 5.75. The fourth-order valence-electron chi connectivity index (χ4n) is 4.99. The molecule has 0 bridgehead atoms. The van der Waals surface area contributed by atoms with E-state index in [1.807, 2.05) is 0 Å². The van der Waals surface area contributed by atoms with Gasteiger partial charge in [0, 0.05) is 0 Å². The molecule has 0 heteroatoms. The zero-order valence-electron chi connectivity index (χ0n) is 12.8. The molecule has 0 radical (unpaired) electrons. The third-order valence-electron chi connectivity index (χ3n) is 6.39. The van der Waals surface area contributed by atoms with Crippen molar-refractivity contribution in [2.75, 3.05) is 0 Å². The molecule has 0 aliphatic heterocycles. The minimum Gasteiger partial charge on any atom is -0.0654 e. The van der Waals surface area contributed by atoms with Crippen molar-refractivity contribution in [3.8, 4) is 0 Å². The van der Waals surface area contributed by atoms with Crippen LogP contribution in [-0.4, -0.2) is 0 Å². The largest absolute Gasteiger partial charge is 0.0654 e. The third-order valence-corrected chi connectivity index (χ3v) is 6.39. The Morgan fingerprint density at radius 1 is 1.12 bits per heavy atom. The summed E-state index contributed by atoms with van der Waals surface area (Å²) in [5.74, 6) is 5.93. The second kappa shape index (κ2) is 4.59. The Labute approximate surface area is 109 Å². The topological polar surface area (TPSA) is 0 Å². The summed E-state index contributed by atoms with van der Waals surface area (Å²) in [5, 5.41) is 0. The molecule has 7 atom stereocenters. The first-order valence-corrected chi connectivity index (χ1v) is 7.95. The van der Waals surface area contributed by atoms with Crippen molar-refractivity contribution >= 4 is 0 Å². The van der Waals surface area contributed by atoms with E-state index in [0.717, 1.165) is 40.9 Å². The fourth-order valence-corrected chi connectivity index (χ4v) is 4.99. The maximum atomic E-state index is 2.52. The van der Waals surface area contributed by atoms with Crippen LogP contribution in [0.25, 0.3) is 0 Å². The molecule has 1 spiro atoms. The van der Waals surface area contributed by atoms with Gasteiger partial charge in [-0.15, -0.1) is 0 Å². The molecule has 0 aromatic carbocycles. The summed E-state index contributed by atoms with van der Waals surface area (Å²) >= 11 is 0. The molecular weight excluding hydrogens is 204 g/mol. The molecule has 0 saturated heterocycles.